The monoisotopic (exact) mass is 623 g/mol. The van der Waals surface area contributed by atoms with Gasteiger partial charge in [0.2, 0.25) is 11.9 Å². The minimum atomic E-state index is -5.08. The van der Waals surface area contributed by atoms with Crippen molar-refractivity contribution in [3.8, 4) is 5.75 Å². The fourth-order valence-electron chi connectivity index (χ4n) is 5.40. The maximum Gasteiger partial charge on any atom is 0.490 e. The van der Waals surface area contributed by atoms with Gasteiger partial charge in [0, 0.05) is 48.3 Å². The molecule has 3 N–H and O–H groups in total. The zero-order chi connectivity index (χ0) is 32.3. The number of hydrogen-bond acceptors (Lipinski definition) is 8. The lowest BCUT2D eigenvalue weighted by atomic mass is 9.85. The van der Waals surface area contributed by atoms with Crippen LogP contribution in [0.25, 0.3) is 32.8 Å². The van der Waals surface area contributed by atoms with Crippen molar-refractivity contribution in [1.29, 1.82) is 0 Å². The second-order valence-corrected chi connectivity index (χ2v) is 10.9. The summed E-state index contributed by atoms with van der Waals surface area (Å²) in [5, 5.41) is 16.8. The average Bonchev–Trinajstić information content (AvgIpc) is 3.37. The number of benzene rings is 3. The Balaban J connectivity index is 0.000000515. The van der Waals surface area contributed by atoms with E-state index < -0.39 is 12.1 Å². The zero-order valence-corrected chi connectivity index (χ0v) is 24.8. The molecule has 3 aromatic carbocycles. The highest BCUT2D eigenvalue weighted by Gasteiger charge is 2.38. The van der Waals surface area contributed by atoms with Crippen LogP contribution in [0.4, 0.5) is 30.6 Å². The molecule has 1 saturated carbocycles. The van der Waals surface area contributed by atoms with Crippen molar-refractivity contribution in [1.82, 2.24) is 9.97 Å². The third kappa shape index (κ3) is 7.03. The van der Waals surface area contributed by atoms with Gasteiger partial charge in [-0.15, -0.1) is 0 Å². The number of nitrogens with one attached hydrogen (secondary N) is 2. The molecule has 1 aliphatic rings. The summed E-state index contributed by atoms with van der Waals surface area (Å²) in [6, 6.07) is 19.9. The normalized spacial score (nSPS) is 16.6. The molecular weight excluding hydrogens is 591 g/mol. The van der Waals surface area contributed by atoms with Crippen molar-refractivity contribution in [2.24, 2.45) is 5.92 Å². The van der Waals surface area contributed by atoms with E-state index in [1.54, 1.807) is 7.11 Å². The summed E-state index contributed by atoms with van der Waals surface area (Å²) in [5.74, 6) is -0.677. The Labute approximate surface area is 256 Å². The molecule has 1 aliphatic carbocycles. The summed E-state index contributed by atoms with van der Waals surface area (Å²) >= 11 is 0. The molecule has 13 heteroatoms. The summed E-state index contributed by atoms with van der Waals surface area (Å²) in [6.07, 6.45) is -1.78. The molecule has 0 spiro atoms. The van der Waals surface area contributed by atoms with Crippen molar-refractivity contribution in [2.45, 2.75) is 37.9 Å². The molecule has 0 bridgehead atoms. The molecule has 0 saturated heterocycles. The van der Waals surface area contributed by atoms with E-state index in [9.17, 15) is 18.0 Å². The van der Waals surface area contributed by atoms with Crippen LogP contribution in [0.15, 0.2) is 65.1 Å². The van der Waals surface area contributed by atoms with Gasteiger partial charge in [-0.3, -0.25) is 4.79 Å². The second-order valence-electron chi connectivity index (χ2n) is 10.9. The Morgan fingerprint density at radius 1 is 0.933 bits per heavy atom. The first-order chi connectivity index (χ1) is 21.4. The van der Waals surface area contributed by atoms with Crippen molar-refractivity contribution >= 4 is 62.2 Å². The summed E-state index contributed by atoms with van der Waals surface area (Å²) in [7, 11) is 5.60. The number of rotatable bonds is 6. The fourth-order valence-corrected chi connectivity index (χ4v) is 5.40. The third-order valence-corrected chi connectivity index (χ3v) is 7.64. The Morgan fingerprint density at radius 3 is 2.22 bits per heavy atom. The fraction of sp³-hybridized carbons (Fsp3) is 0.312. The van der Waals surface area contributed by atoms with E-state index in [0.29, 0.717) is 17.4 Å². The Bertz CT molecular complexity index is 1850. The number of halogens is 3. The number of anilines is 3. The molecule has 6 rings (SSSR count). The highest BCUT2D eigenvalue weighted by Crippen LogP contribution is 2.37. The van der Waals surface area contributed by atoms with Gasteiger partial charge in [-0.05, 0) is 49.9 Å². The molecule has 0 atom stereocenters. The number of hydrogen-bond donors (Lipinski definition) is 3. The summed E-state index contributed by atoms with van der Waals surface area (Å²) < 4.78 is 43.4. The quantitative estimate of drug-likeness (QED) is 0.186. The van der Waals surface area contributed by atoms with Crippen LogP contribution in [0.5, 0.6) is 5.75 Å². The Hall–Kier alpha value is -5.07. The molecule has 2 aromatic heterocycles. The minimum absolute atomic E-state index is 0.00839. The van der Waals surface area contributed by atoms with Crippen LogP contribution in [-0.4, -0.2) is 60.4 Å². The molecule has 45 heavy (non-hydrogen) atoms. The molecule has 10 nitrogen and oxygen atoms in total. The standard InChI is InChI=1S/C30H31N5O3.C2HF3O2/c1-35(2)28-21-9-4-6-10-23(21)33-30(34-28)31-19-14-12-18(13-15-19)29(36)32-24-17-26-22(16-27(24)37-3)20-8-5-7-11-25(20)38-26;3-2(4,5)1(6)7/h4-11,16-19H,12-15H2,1-3H3,(H,32,36)(H,31,33,34);(H,6,7). The molecule has 0 aliphatic heterocycles. The Morgan fingerprint density at radius 2 is 1.58 bits per heavy atom. The van der Waals surface area contributed by atoms with E-state index in [1.807, 2.05) is 79.7 Å². The number of carboxylic acids is 1. The number of nitrogens with zero attached hydrogens (tertiary/aromatic N) is 3. The van der Waals surface area contributed by atoms with E-state index in [2.05, 4.69) is 10.6 Å². The van der Waals surface area contributed by atoms with Crippen LogP contribution in [0.2, 0.25) is 0 Å². The number of methoxy groups -OCH3 is 1. The maximum atomic E-state index is 13.2. The highest BCUT2D eigenvalue weighted by atomic mass is 19.4. The SMILES string of the molecule is COc1cc2c(cc1NC(=O)C1CCC(Nc3nc(N(C)C)c4ccccc4n3)CC1)oc1ccccc12.O=C(O)C(F)(F)F. The number of carbonyl (C=O) groups excluding carboxylic acids is 1. The number of ether oxygens (including phenoxy) is 1. The summed E-state index contributed by atoms with van der Waals surface area (Å²) in [4.78, 5) is 33.6. The van der Waals surface area contributed by atoms with Crippen molar-refractivity contribution in [3.63, 3.8) is 0 Å². The first-order valence-corrected chi connectivity index (χ1v) is 14.3. The molecule has 1 amide bonds. The molecule has 5 aromatic rings. The predicted octanol–water partition coefficient (Wildman–Crippen LogP) is 6.85. The van der Waals surface area contributed by atoms with Gasteiger partial charge in [-0.25, -0.2) is 9.78 Å². The number of carbonyl (C=O) groups is 2. The third-order valence-electron chi connectivity index (χ3n) is 7.64. The van der Waals surface area contributed by atoms with E-state index >= 15 is 0 Å². The van der Waals surface area contributed by atoms with Crippen LogP contribution in [0.1, 0.15) is 25.7 Å². The number of carboxylic acid groups (broad SMARTS) is 1. The van der Waals surface area contributed by atoms with E-state index in [4.69, 9.17) is 29.0 Å². The number of fused-ring (bicyclic) bond motifs is 4. The van der Waals surface area contributed by atoms with Crippen molar-refractivity contribution < 1.29 is 37.0 Å². The number of amides is 1. The summed E-state index contributed by atoms with van der Waals surface area (Å²) in [6.45, 7) is 0. The molecular formula is C32H32F3N5O5. The Kier molecular flexibility index (Phi) is 8.98. The van der Waals surface area contributed by atoms with Crippen LogP contribution < -0.4 is 20.3 Å². The number of aromatic nitrogens is 2. The zero-order valence-electron chi connectivity index (χ0n) is 24.8. The van der Waals surface area contributed by atoms with Gasteiger partial charge in [0.05, 0.1) is 18.3 Å². The lowest BCUT2D eigenvalue weighted by Crippen LogP contribution is -2.32. The second kappa shape index (κ2) is 12.9. The van der Waals surface area contributed by atoms with Gasteiger partial charge in [0.1, 0.15) is 22.7 Å². The topological polar surface area (TPSA) is 130 Å². The van der Waals surface area contributed by atoms with Gasteiger partial charge in [0.25, 0.3) is 0 Å². The van der Waals surface area contributed by atoms with Crippen molar-refractivity contribution in [3.05, 3.63) is 60.7 Å². The van der Waals surface area contributed by atoms with Gasteiger partial charge < -0.3 is 29.8 Å². The lowest BCUT2D eigenvalue weighted by molar-refractivity contribution is -0.192. The number of furan rings is 1. The lowest BCUT2D eigenvalue weighted by Gasteiger charge is -2.29. The number of alkyl halides is 3. The predicted molar refractivity (Wildman–Crippen MR) is 166 cm³/mol. The van der Waals surface area contributed by atoms with Gasteiger partial charge in [-0.2, -0.15) is 18.2 Å². The van der Waals surface area contributed by atoms with E-state index in [0.717, 1.165) is 64.3 Å². The van der Waals surface area contributed by atoms with Crippen LogP contribution in [-0.2, 0) is 9.59 Å². The largest absolute Gasteiger partial charge is 0.495 e. The smallest absolute Gasteiger partial charge is 0.490 e. The molecule has 0 radical (unpaired) electrons. The van der Waals surface area contributed by atoms with Crippen molar-refractivity contribution in [2.75, 3.05) is 36.7 Å². The summed E-state index contributed by atoms with van der Waals surface area (Å²) in [5.41, 5.74) is 3.08. The highest BCUT2D eigenvalue weighted by molar-refractivity contribution is 6.08. The maximum absolute atomic E-state index is 13.2. The van der Waals surface area contributed by atoms with E-state index in [1.165, 1.54) is 0 Å². The minimum Gasteiger partial charge on any atom is -0.495 e. The van der Waals surface area contributed by atoms with Crippen LogP contribution >= 0.6 is 0 Å². The van der Waals surface area contributed by atoms with E-state index in [-0.39, 0.29) is 17.9 Å². The number of para-hydroxylation sites is 2. The van der Waals surface area contributed by atoms with Gasteiger partial charge >= 0.3 is 12.1 Å². The van der Waals surface area contributed by atoms with Gasteiger partial charge in [0.15, 0.2) is 0 Å². The molecule has 1 fully saturated rings. The average molecular weight is 624 g/mol. The van der Waals surface area contributed by atoms with Crippen LogP contribution in [0, 0.1) is 5.92 Å². The first kappa shape index (κ1) is 31.4. The molecule has 236 valence electrons. The van der Waals surface area contributed by atoms with Gasteiger partial charge in [-0.1, -0.05) is 30.3 Å². The number of aliphatic carboxylic acids is 1. The molecule has 2 heterocycles. The molecule has 0 unspecified atom stereocenters. The first-order valence-electron chi connectivity index (χ1n) is 14.3. The van der Waals surface area contributed by atoms with Crippen LogP contribution in [0.3, 0.4) is 0 Å².